The van der Waals surface area contributed by atoms with E-state index in [1.54, 1.807) is 6.07 Å². The minimum absolute atomic E-state index is 0.189. The van der Waals surface area contributed by atoms with E-state index in [0.29, 0.717) is 12.1 Å². The van der Waals surface area contributed by atoms with Crippen molar-refractivity contribution in [3.05, 3.63) is 23.1 Å². The van der Waals surface area contributed by atoms with E-state index in [-0.39, 0.29) is 5.75 Å². The predicted molar refractivity (Wildman–Crippen MR) is 57.2 cm³/mol. The molecule has 70 valence electrons. The fraction of sp³-hybridized carbons (Fsp3) is 0.100. The third kappa shape index (κ3) is 1.38. The molecule has 0 spiro atoms. The summed E-state index contributed by atoms with van der Waals surface area (Å²) in [6.45, 7) is 0. The van der Waals surface area contributed by atoms with Crippen molar-refractivity contribution in [1.82, 2.24) is 0 Å². The average Bonchev–Trinajstić information content (AvgIpc) is 2.48. The Hall–Kier alpha value is -1.73. The van der Waals surface area contributed by atoms with E-state index in [2.05, 4.69) is 6.07 Å². The lowest BCUT2D eigenvalue weighted by Crippen LogP contribution is -1.82. The van der Waals surface area contributed by atoms with E-state index in [4.69, 9.17) is 11.0 Å². The molecule has 0 radical (unpaired) electrons. The third-order valence-electron chi connectivity index (χ3n) is 1.92. The fourth-order valence-corrected chi connectivity index (χ4v) is 2.36. The maximum absolute atomic E-state index is 9.58. The average molecular weight is 204 g/mol. The number of benzene rings is 1. The van der Waals surface area contributed by atoms with E-state index in [1.165, 1.54) is 17.4 Å². The van der Waals surface area contributed by atoms with Gasteiger partial charge >= 0.3 is 0 Å². The Morgan fingerprint density at radius 2 is 2.21 bits per heavy atom. The Morgan fingerprint density at radius 1 is 1.43 bits per heavy atom. The molecule has 1 aromatic carbocycles. The highest BCUT2D eigenvalue weighted by Crippen LogP contribution is 2.34. The van der Waals surface area contributed by atoms with Crippen LogP contribution in [0.4, 0.5) is 5.69 Å². The van der Waals surface area contributed by atoms with Crippen molar-refractivity contribution in [3.8, 4) is 11.8 Å². The standard InChI is InChI=1S/C10H8N2OS/c11-2-1-8-4-6-3-7(12)5-9(13)10(6)14-8/h3-5,13H,1,12H2. The lowest BCUT2D eigenvalue weighted by Gasteiger charge is -1.96. The van der Waals surface area contributed by atoms with Gasteiger partial charge in [-0.2, -0.15) is 5.26 Å². The molecule has 4 heteroatoms. The van der Waals surface area contributed by atoms with Crippen LogP contribution >= 0.6 is 11.3 Å². The lowest BCUT2D eigenvalue weighted by molar-refractivity contribution is 0.483. The number of anilines is 1. The van der Waals surface area contributed by atoms with Crippen molar-refractivity contribution in [3.63, 3.8) is 0 Å². The van der Waals surface area contributed by atoms with Crippen LogP contribution in [0.5, 0.6) is 5.75 Å². The van der Waals surface area contributed by atoms with Crippen molar-refractivity contribution in [2.24, 2.45) is 0 Å². The number of nitrogens with two attached hydrogens (primary N) is 1. The number of hydrogen-bond acceptors (Lipinski definition) is 4. The molecule has 0 aliphatic rings. The van der Waals surface area contributed by atoms with Gasteiger partial charge in [0.15, 0.2) is 0 Å². The summed E-state index contributed by atoms with van der Waals surface area (Å²) in [4.78, 5) is 0.948. The van der Waals surface area contributed by atoms with Gasteiger partial charge in [0, 0.05) is 16.6 Å². The number of aromatic hydroxyl groups is 1. The normalized spacial score (nSPS) is 10.2. The van der Waals surface area contributed by atoms with Gasteiger partial charge in [0.1, 0.15) is 5.75 Å². The van der Waals surface area contributed by atoms with Crippen LogP contribution in [0, 0.1) is 11.3 Å². The first-order chi connectivity index (χ1) is 6.70. The van der Waals surface area contributed by atoms with Crippen LogP contribution in [0.3, 0.4) is 0 Å². The third-order valence-corrected chi connectivity index (χ3v) is 3.10. The zero-order valence-corrected chi connectivity index (χ0v) is 8.14. The van der Waals surface area contributed by atoms with Crippen LogP contribution in [0.2, 0.25) is 0 Å². The van der Waals surface area contributed by atoms with Crippen LogP contribution in [-0.2, 0) is 6.42 Å². The summed E-state index contributed by atoms with van der Waals surface area (Å²) in [5.74, 6) is 0.189. The Kier molecular flexibility index (Phi) is 2.02. The molecule has 0 fully saturated rings. The minimum atomic E-state index is 0.189. The van der Waals surface area contributed by atoms with Crippen molar-refractivity contribution < 1.29 is 5.11 Å². The molecular weight excluding hydrogens is 196 g/mol. The maximum atomic E-state index is 9.58. The van der Waals surface area contributed by atoms with E-state index in [1.807, 2.05) is 6.07 Å². The van der Waals surface area contributed by atoms with E-state index >= 15 is 0 Å². The van der Waals surface area contributed by atoms with Crippen LogP contribution in [0.1, 0.15) is 4.88 Å². The quantitative estimate of drug-likeness (QED) is 0.700. The van der Waals surface area contributed by atoms with E-state index in [0.717, 1.165) is 15.0 Å². The molecule has 0 atom stereocenters. The molecule has 0 amide bonds. The van der Waals surface area contributed by atoms with Gasteiger partial charge in [0.2, 0.25) is 0 Å². The first kappa shape index (κ1) is 8.85. The molecule has 2 rings (SSSR count). The largest absolute Gasteiger partial charge is 0.506 e. The molecule has 0 saturated carbocycles. The maximum Gasteiger partial charge on any atom is 0.135 e. The van der Waals surface area contributed by atoms with Crippen LogP contribution in [0.25, 0.3) is 10.1 Å². The number of nitrogens with zero attached hydrogens (tertiary/aromatic N) is 1. The van der Waals surface area contributed by atoms with E-state index in [9.17, 15) is 5.11 Å². The number of phenolic OH excluding ortho intramolecular Hbond substituents is 1. The molecule has 2 aromatic rings. The van der Waals surface area contributed by atoms with Gasteiger partial charge in [0.25, 0.3) is 0 Å². The number of rotatable bonds is 1. The summed E-state index contributed by atoms with van der Waals surface area (Å²) in [5, 5.41) is 19.0. The topological polar surface area (TPSA) is 70.0 Å². The van der Waals surface area contributed by atoms with Crippen molar-refractivity contribution in [1.29, 1.82) is 5.26 Å². The molecular formula is C10H8N2OS. The summed E-state index contributed by atoms with van der Waals surface area (Å²) in [5.41, 5.74) is 6.13. The molecule has 14 heavy (non-hydrogen) atoms. The van der Waals surface area contributed by atoms with Crippen LogP contribution < -0.4 is 5.73 Å². The molecule has 1 heterocycles. The molecule has 0 aliphatic carbocycles. The first-order valence-corrected chi connectivity index (χ1v) is 4.90. The van der Waals surface area contributed by atoms with Crippen molar-refractivity contribution in [2.75, 3.05) is 5.73 Å². The highest BCUT2D eigenvalue weighted by molar-refractivity contribution is 7.19. The summed E-state index contributed by atoms with van der Waals surface area (Å²) in [7, 11) is 0. The fourth-order valence-electron chi connectivity index (χ4n) is 1.38. The zero-order chi connectivity index (χ0) is 10.1. The molecule has 3 nitrogen and oxygen atoms in total. The number of phenols is 1. The molecule has 3 N–H and O–H groups in total. The Labute approximate surface area is 85.0 Å². The first-order valence-electron chi connectivity index (χ1n) is 4.08. The van der Waals surface area contributed by atoms with Crippen LogP contribution in [-0.4, -0.2) is 5.11 Å². The van der Waals surface area contributed by atoms with Gasteiger partial charge in [-0.1, -0.05) is 0 Å². The van der Waals surface area contributed by atoms with Crippen molar-refractivity contribution in [2.45, 2.75) is 6.42 Å². The van der Waals surface area contributed by atoms with Gasteiger partial charge in [-0.25, -0.2) is 0 Å². The summed E-state index contributed by atoms with van der Waals surface area (Å²) < 4.78 is 0.796. The number of hydrogen-bond donors (Lipinski definition) is 2. The number of thiophene rings is 1. The van der Waals surface area contributed by atoms with Gasteiger partial charge in [-0.15, -0.1) is 11.3 Å². The predicted octanol–water partition coefficient (Wildman–Crippen LogP) is 2.26. The molecule has 0 saturated heterocycles. The number of fused-ring (bicyclic) bond motifs is 1. The van der Waals surface area contributed by atoms with Gasteiger partial charge in [-0.3, -0.25) is 0 Å². The smallest absolute Gasteiger partial charge is 0.135 e. The Balaban J connectivity index is 2.66. The van der Waals surface area contributed by atoms with Gasteiger partial charge in [-0.05, 0) is 17.5 Å². The van der Waals surface area contributed by atoms with Crippen molar-refractivity contribution >= 4 is 27.1 Å². The monoisotopic (exact) mass is 204 g/mol. The SMILES string of the molecule is N#CCc1cc2cc(N)cc(O)c2s1. The molecule has 0 bridgehead atoms. The summed E-state index contributed by atoms with van der Waals surface area (Å²) >= 11 is 1.43. The van der Waals surface area contributed by atoms with Gasteiger partial charge < -0.3 is 10.8 Å². The Bertz CT molecular complexity index is 525. The summed E-state index contributed by atoms with van der Waals surface area (Å²) in [6, 6.07) is 7.29. The highest BCUT2D eigenvalue weighted by Gasteiger charge is 2.06. The Morgan fingerprint density at radius 3 is 2.93 bits per heavy atom. The molecule has 0 unspecified atom stereocenters. The van der Waals surface area contributed by atoms with E-state index < -0.39 is 0 Å². The second kappa shape index (κ2) is 3.20. The number of nitriles is 1. The number of nitrogen functional groups attached to an aromatic ring is 1. The zero-order valence-electron chi connectivity index (χ0n) is 7.32. The lowest BCUT2D eigenvalue weighted by atomic mass is 10.2. The highest BCUT2D eigenvalue weighted by atomic mass is 32.1. The summed E-state index contributed by atoms with van der Waals surface area (Å²) in [6.07, 6.45) is 0.374. The second-order valence-electron chi connectivity index (χ2n) is 3.01. The molecule has 1 aromatic heterocycles. The molecule has 0 aliphatic heterocycles. The minimum Gasteiger partial charge on any atom is -0.506 e. The van der Waals surface area contributed by atoms with Gasteiger partial charge in [0.05, 0.1) is 17.2 Å². The second-order valence-corrected chi connectivity index (χ2v) is 4.14. The van der Waals surface area contributed by atoms with Crippen LogP contribution in [0.15, 0.2) is 18.2 Å².